The molecule has 3 aromatic carbocycles. The Morgan fingerprint density at radius 1 is 0.833 bits per heavy atom. The Bertz CT molecular complexity index is 1200. The first-order chi connectivity index (χ1) is 17.5. The van der Waals surface area contributed by atoms with Gasteiger partial charge in [0, 0.05) is 63.1 Å². The van der Waals surface area contributed by atoms with Crippen molar-refractivity contribution in [1.29, 1.82) is 0 Å². The average molecular weight is 524 g/mol. The van der Waals surface area contributed by atoms with Crippen molar-refractivity contribution in [3.63, 3.8) is 0 Å². The second-order valence-electron chi connectivity index (χ2n) is 9.62. The summed E-state index contributed by atoms with van der Waals surface area (Å²) in [5.74, 6) is 0.202. The number of piperazine rings is 2. The molecule has 2 saturated heterocycles. The topological polar surface area (TPSA) is 30.0 Å². The highest BCUT2D eigenvalue weighted by Gasteiger charge is 2.36. The van der Waals surface area contributed by atoms with Crippen LogP contribution in [0.5, 0.6) is 0 Å². The molecular formula is C29H32Cl2N4O. The molecule has 5 rings (SSSR count). The van der Waals surface area contributed by atoms with Crippen LogP contribution in [0, 0.1) is 6.92 Å². The molecule has 2 heterocycles. The Balaban J connectivity index is 1.32. The first-order valence-electron chi connectivity index (χ1n) is 12.6. The highest BCUT2D eigenvalue weighted by atomic mass is 35.5. The number of amides is 1. The number of halogens is 2. The van der Waals surface area contributed by atoms with Crippen molar-refractivity contribution in [3.05, 3.63) is 94.0 Å². The van der Waals surface area contributed by atoms with Gasteiger partial charge in [0.05, 0.1) is 10.7 Å². The van der Waals surface area contributed by atoms with E-state index in [1.807, 2.05) is 23.1 Å². The van der Waals surface area contributed by atoms with Crippen LogP contribution in [0.4, 0.5) is 11.4 Å². The summed E-state index contributed by atoms with van der Waals surface area (Å²) in [6, 6.07) is 24.2. The molecule has 2 aliphatic rings. The summed E-state index contributed by atoms with van der Waals surface area (Å²) in [5.41, 5.74) is 4.57. The van der Waals surface area contributed by atoms with Crippen molar-refractivity contribution in [2.75, 3.05) is 55.6 Å². The Hall–Kier alpha value is -2.73. The van der Waals surface area contributed by atoms with Crippen LogP contribution >= 0.6 is 23.2 Å². The first kappa shape index (κ1) is 24.9. The number of para-hydroxylation sites is 1. The lowest BCUT2D eigenvalue weighted by Gasteiger charge is -2.45. The van der Waals surface area contributed by atoms with Gasteiger partial charge in [-0.3, -0.25) is 9.69 Å². The van der Waals surface area contributed by atoms with E-state index in [9.17, 15) is 4.79 Å². The van der Waals surface area contributed by atoms with Crippen LogP contribution < -0.4 is 9.80 Å². The third-order valence-corrected chi connectivity index (χ3v) is 7.82. The molecule has 1 unspecified atom stereocenters. The molecule has 0 bridgehead atoms. The van der Waals surface area contributed by atoms with Gasteiger partial charge in [0.1, 0.15) is 6.04 Å². The number of aryl methyl sites for hydroxylation is 1. The molecule has 0 N–H and O–H groups in total. The van der Waals surface area contributed by atoms with Crippen LogP contribution in [0.2, 0.25) is 10.0 Å². The zero-order valence-corrected chi connectivity index (χ0v) is 22.1. The van der Waals surface area contributed by atoms with Crippen LogP contribution in [0.1, 0.15) is 11.1 Å². The Morgan fingerprint density at radius 3 is 2.31 bits per heavy atom. The lowest BCUT2D eigenvalue weighted by atomic mass is 10.0. The minimum atomic E-state index is -0.218. The van der Waals surface area contributed by atoms with Crippen LogP contribution in [-0.2, 0) is 11.3 Å². The van der Waals surface area contributed by atoms with E-state index in [4.69, 9.17) is 23.2 Å². The summed E-state index contributed by atoms with van der Waals surface area (Å²) in [7, 11) is 0. The van der Waals surface area contributed by atoms with E-state index in [0.717, 1.165) is 44.1 Å². The van der Waals surface area contributed by atoms with Gasteiger partial charge < -0.3 is 14.7 Å². The fourth-order valence-electron chi connectivity index (χ4n) is 5.32. The lowest BCUT2D eigenvalue weighted by Crippen LogP contribution is -2.62. The molecule has 188 valence electrons. The number of hydrogen-bond donors (Lipinski definition) is 0. The number of carbonyl (C=O) groups is 1. The molecule has 3 aromatic rings. The van der Waals surface area contributed by atoms with E-state index in [1.54, 1.807) is 6.07 Å². The summed E-state index contributed by atoms with van der Waals surface area (Å²) in [6.07, 6.45) is 0. The highest BCUT2D eigenvalue weighted by molar-refractivity contribution is 6.35. The van der Waals surface area contributed by atoms with Crippen LogP contribution in [0.3, 0.4) is 0 Å². The number of carbonyl (C=O) groups excluding carboxylic acids is 1. The zero-order valence-electron chi connectivity index (χ0n) is 20.6. The van der Waals surface area contributed by atoms with Gasteiger partial charge in [-0.1, -0.05) is 71.7 Å². The monoisotopic (exact) mass is 522 g/mol. The maximum Gasteiger partial charge on any atom is 0.246 e. The largest absolute Gasteiger partial charge is 0.367 e. The summed E-state index contributed by atoms with van der Waals surface area (Å²) >= 11 is 12.7. The quantitative estimate of drug-likeness (QED) is 0.452. The third kappa shape index (κ3) is 5.49. The predicted molar refractivity (Wildman–Crippen MR) is 149 cm³/mol. The van der Waals surface area contributed by atoms with E-state index in [2.05, 4.69) is 70.2 Å². The Labute approximate surface area is 223 Å². The molecule has 7 heteroatoms. The van der Waals surface area contributed by atoms with Crippen molar-refractivity contribution >= 4 is 40.5 Å². The van der Waals surface area contributed by atoms with E-state index >= 15 is 0 Å². The summed E-state index contributed by atoms with van der Waals surface area (Å²) in [4.78, 5) is 23.0. The molecule has 0 aliphatic carbocycles. The maximum absolute atomic E-state index is 14.0. The molecule has 5 nitrogen and oxygen atoms in total. The SMILES string of the molecule is Cc1ccccc1N1CCN(Cc2ccccc2)CC1C(=O)N1CCN(c2cc(Cl)ccc2Cl)CC1. The average Bonchev–Trinajstić information content (AvgIpc) is 2.91. The molecule has 36 heavy (non-hydrogen) atoms. The zero-order chi connectivity index (χ0) is 25.1. The van der Waals surface area contributed by atoms with E-state index in [0.29, 0.717) is 29.7 Å². The minimum absolute atomic E-state index is 0.202. The molecule has 0 aromatic heterocycles. The van der Waals surface area contributed by atoms with Gasteiger partial charge in [0.2, 0.25) is 5.91 Å². The highest BCUT2D eigenvalue weighted by Crippen LogP contribution is 2.31. The van der Waals surface area contributed by atoms with Crippen molar-refractivity contribution in [2.45, 2.75) is 19.5 Å². The number of hydrogen-bond acceptors (Lipinski definition) is 4. The number of nitrogens with zero attached hydrogens (tertiary/aromatic N) is 4. The lowest BCUT2D eigenvalue weighted by molar-refractivity contribution is -0.134. The van der Waals surface area contributed by atoms with Gasteiger partial charge in [-0.25, -0.2) is 0 Å². The second kappa shape index (κ2) is 11.1. The van der Waals surface area contributed by atoms with Crippen LogP contribution in [0.25, 0.3) is 0 Å². The summed E-state index contributed by atoms with van der Waals surface area (Å²) < 4.78 is 0. The van der Waals surface area contributed by atoms with E-state index in [-0.39, 0.29) is 11.9 Å². The number of anilines is 2. The molecule has 0 spiro atoms. The van der Waals surface area contributed by atoms with E-state index in [1.165, 1.54) is 11.1 Å². The standard InChI is InChI=1S/C29H32Cl2N4O/c1-22-7-5-6-10-26(22)35-18-13-32(20-23-8-3-2-4-9-23)21-28(35)29(36)34-16-14-33(15-17-34)27-19-24(30)11-12-25(27)31/h2-12,19,28H,13-18,20-21H2,1H3. The second-order valence-corrected chi connectivity index (χ2v) is 10.5. The van der Waals surface area contributed by atoms with Gasteiger partial charge in [-0.2, -0.15) is 0 Å². The number of benzene rings is 3. The van der Waals surface area contributed by atoms with Crippen LogP contribution in [-0.4, -0.2) is 67.6 Å². The van der Waals surface area contributed by atoms with Gasteiger partial charge in [0.25, 0.3) is 0 Å². The van der Waals surface area contributed by atoms with Gasteiger partial charge in [-0.05, 0) is 42.3 Å². The van der Waals surface area contributed by atoms with Gasteiger partial charge in [-0.15, -0.1) is 0 Å². The van der Waals surface area contributed by atoms with Crippen molar-refractivity contribution in [1.82, 2.24) is 9.80 Å². The third-order valence-electron chi connectivity index (χ3n) is 7.26. The fourth-order valence-corrected chi connectivity index (χ4v) is 5.72. The van der Waals surface area contributed by atoms with E-state index < -0.39 is 0 Å². The predicted octanol–water partition coefficient (Wildman–Crippen LogP) is 5.34. The van der Waals surface area contributed by atoms with Gasteiger partial charge >= 0.3 is 0 Å². The molecule has 2 aliphatic heterocycles. The molecule has 0 saturated carbocycles. The molecule has 0 radical (unpaired) electrons. The van der Waals surface area contributed by atoms with Crippen LogP contribution in [0.15, 0.2) is 72.8 Å². The maximum atomic E-state index is 14.0. The molecule has 1 atom stereocenters. The van der Waals surface area contributed by atoms with Crippen molar-refractivity contribution in [2.24, 2.45) is 0 Å². The smallest absolute Gasteiger partial charge is 0.246 e. The molecular weight excluding hydrogens is 491 g/mol. The summed E-state index contributed by atoms with van der Waals surface area (Å²) in [5, 5.41) is 1.36. The number of rotatable bonds is 5. The van der Waals surface area contributed by atoms with Crippen molar-refractivity contribution in [3.8, 4) is 0 Å². The van der Waals surface area contributed by atoms with Crippen molar-refractivity contribution < 1.29 is 4.79 Å². The fraction of sp³-hybridized carbons (Fsp3) is 0.345. The first-order valence-corrected chi connectivity index (χ1v) is 13.3. The summed E-state index contributed by atoms with van der Waals surface area (Å²) in [6.45, 7) is 8.24. The Morgan fingerprint density at radius 2 is 1.56 bits per heavy atom. The molecule has 2 fully saturated rings. The minimum Gasteiger partial charge on any atom is -0.367 e. The molecule has 1 amide bonds. The van der Waals surface area contributed by atoms with Gasteiger partial charge in [0.15, 0.2) is 0 Å². The Kier molecular flexibility index (Phi) is 7.70. The normalized spacial score (nSPS) is 19.0.